The van der Waals surface area contributed by atoms with Crippen LogP contribution in [-0.2, 0) is 16.8 Å². The molecule has 1 atom stereocenters. The standard InChI is InChI=1S/C14H23N3O2S/c1-12-7-5-6-10-17(12)20(18,19)16(2)11-13-8-3-4-9-14(13)15/h3-4,8-9,12H,5-7,10-11,15H2,1-2H3. The first-order valence-corrected chi connectivity index (χ1v) is 8.39. The second-order valence-electron chi connectivity index (χ2n) is 5.42. The summed E-state index contributed by atoms with van der Waals surface area (Å²) in [6.07, 6.45) is 2.97. The molecule has 0 aromatic heterocycles. The van der Waals surface area contributed by atoms with Crippen LogP contribution in [-0.4, -0.2) is 36.7 Å². The highest BCUT2D eigenvalue weighted by Gasteiger charge is 2.32. The van der Waals surface area contributed by atoms with Crippen molar-refractivity contribution in [2.24, 2.45) is 0 Å². The topological polar surface area (TPSA) is 66.6 Å². The van der Waals surface area contributed by atoms with E-state index in [1.54, 1.807) is 17.4 Å². The summed E-state index contributed by atoms with van der Waals surface area (Å²) in [6, 6.07) is 7.44. The summed E-state index contributed by atoms with van der Waals surface area (Å²) in [5, 5.41) is 0. The van der Waals surface area contributed by atoms with Gasteiger partial charge in [-0.2, -0.15) is 17.0 Å². The first kappa shape index (κ1) is 15.3. The number of benzene rings is 1. The summed E-state index contributed by atoms with van der Waals surface area (Å²) in [6.45, 7) is 2.89. The van der Waals surface area contributed by atoms with E-state index in [0.29, 0.717) is 18.8 Å². The van der Waals surface area contributed by atoms with E-state index in [1.807, 2.05) is 25.1 Å². The van der Waals surface area contributed by atoms with E-state index in [1.165, 1.54) is 4.31 Å². The zero-order valence-corrected chi connectivity index (χ0v) is 12.9. The Morgan fingerprint density at radius 3 is 2.70 bits per heavy atom. The van der Waals surface area contributed by atoms with E-state index in [0.717, 1.165) is 24.8 Å². The molecule has 1 heterocycles. The average Bonchev–Trinajstić information content (AvgIpc) is 2.41. The van der Waals surface area contributed by atoms with Crippen LogP contribution in [0.2, 0.25) is 0 Å². The van der Waals surface area contributed by atoms with Crippen LogP contribution in [0, 0.1) is 0 Å². The van der Waals surface area contributed by atoms with Crippen LogP contribution >= 0.6 is 0 Å². The number of rotatable bonds is 4. The molecule has 0 bridgehead atoms. The summed E-state index contributed by atoms with van der Waals surface area (Å²) >= 11 is 0. The number of para-hydroxylation sites is 1. The summed E-state index contributed by atoms with van der Waals surface area (Å²) in [7, 11) is -1.80. The van der Waals surface area contributed by atoms with Gasteiger partial charge in [-0.3, -0.25) is 0 Å². The minimum Gasteiger partial charge on any atom is -0.398 e. The summed E-state index contributed by atoms with van der Waals surface area (Å²) in [5.41, 5.74) is 7.35. The van der Waals surface area contributed by atoms with Gasteiger partial charge < -0.3 is 5.73 Å². The van der Waals surface area contributed by atoms with Crippen molar-refractivity contribution in [3.05, 3.63) is 29.8 Å². The SMILES string of the molecule is CC1CCCCN1S(=O)(=O)N(C)Cc1ccccc1N. The molecule has 0 spiro atoms. The van der Waals surface area contributed by atoms with E-state index in [4.69, 9.17) is 5.73 Å². The van der Waals surface area contributed by atoms with Crippen molar-refractivity contribution >= 4 is 15.9 Å². The molecule has 1 aliphatic rings. The molecule has 6 heteroatoms. The Balaban J connectivity index is 2.15. The maximum atomic E-state index is 12.6. The van der Waals surface area contributed by atoms with Crippen LogP contribution in [0.1, 0.15) is 31.7 Å². The number of hydrogen-bond acceptors (Lipinski definition) is 3. The Hall–Kier alpha value is -1.11. The van der Waals surface area contributed by atoms with Crippen molar-refractivity contribution in [1.29, 1.82) is 0 Å². The minimum absolute atomic E-state index is 0.0734. The predicted octanol–water partition coefficient (Wildman–Crippen LogP) is 1.82. The maximum Gasteiger partial charge on any atom is 0.282 e. The Bertz CT molecular complexity index is 559. The molecule has 1 aromatic carbocycles. The van der Waals surface area contributed by atoms with Crippen molar-refractivity contribution < 1.29 is 8.42 Å². The zero-order valence-electron chi connectivity index (χ0n) is 12.1. The number of nitrogens with zero attached hydrogens (tertiary/aromatic N) is 2. The van der Waals surface area contributed by atoms with Crippen molar-refractivity contribution in [2.75, 3.05) is 19.3 Å². The van der Waals surface area contributed by atoms with Gasteiger partial charge in [0.15, 0.2) is 0 Å². The molecule has 1 aromatic rings. The van der Waals surface area contributed by atoms with Gasteiger partial charge in [0.2, 0.25) is 0 Å². The average molecular weight is 297 g/mol. The lowest BCUT2D eigenvalue weighted by Gasteiger charge is -2.35. The summed E-state index contributed by atoms with van der Waals surface area (Å²) < 4.78 is 28.2. The van der Waals surface area contributed by atoms with Crippen LogP contribution in [0.4, 0.5) is 5.69 Å². The van der Waals surface area contributed by atoms with Gasteiger partial charge in [0.25, 0.3) is 10.2 Å². The third-order valence-electron chi connectivity index (χ3n) is 3.88. The van der Waals surface area contributed by atoms with Crippen LogP contribution in [0.5, 0.6) is 0 Å². The Labute approximate surface area is 121 Å². The van der Waals surface area contributed by atoms with Crippen LogP contribution in [0.25, 0.3) is 0 Å². The van der Waals surface area contributed by atoms with E-state index in [9.17, 15) is 8.42 Å². The largest absolute Gasteiger partial charge is 0.398 e. The number of hydrogen-bond donors (Lipinski definition) is 1. The third-order valence-corrected chi connectivity index (χ3v) is 5.93. The van der Waals surface area contributed by atoms with Gasteiger partial charge in [-0.1, -0.05) is 24.6 Å². The molecule has 0 radical (unpaired) electrons. The maximum absolute atomic E-state index is 12.6. The lowest BCUT2D eigenvalue weighted by atomic mass is 10.1. The fraction of sp³-hybridized carbons (Fsp3) is 0.571. The number of piperidine rings is 1. The highest BCUT2D eigenvalue weighted by atomic mass is 32.2. The zero-order chi connectivity index (χ0) is 14.8. The van der Waals surface area contributed by atoms with E-state index >= 15 is 0 Å². The molecular weight excluding hydrogens is 274 g/mol. The number of nitrogens with two attached hydrogens (primary N) is 1. The van der Waals surface area contributed by atoms with Gasteiger partial charge >= 0.3 is 0 Å². The second-order valence-corrected chi connectivity index (χ2v) is 7.41. The van der Waals surface area contributed by atoms with Crippen molar-refractivity contribution in [2.45, 2.75) is 38.8 Å². The molecule has 1 fully saturated rings. The number of anilines is 1. The van der Waals surface area contributed by atoms with Gasteiger partial charge in [-0.15, -0.1) is 0 Å². The van der Waals surface area contributed by atoms with E-state index in [2.05, 4.69) is 0 Å². The van der Waals surface area contributed by atoms with Crippen LogP contribution in [0.3, 0.4) is 0 Å². The molecule has 20 heavy (non-hydrogen) atoms. The van der Waals surface area contributed by atoms with Gasteiger partial charge in [-0.05, 0) is 31.4 Å². The Kier molecular flexibility index (Phi) is 4.67. The third kappa shape index (κ3) is 3.13. The molecule has 1 unspecified atom stereocenters. The van der Waals surface area contributed by atoms with Gasteiger partial charge in [0.05, 0.1) is 0 Å². The molecule has 2 N–H and O–H groups in total. The Morgan fingerprint density at radius 1 is 1.35 bits per heavy atom. The van der Waals surface area contributed by atoms with Crippen LogP contribution in [0.15, 0.2) is 24.3 Å². The molecule has 0 amide bonds. The predicted molar refractivity (Wildman–Crippen MR) is 81.3 cm³/mol. The molecule has 1 aliphatic heterocycles. The second kappa shape index (κ2) is 6.11. The van der Waals surface area contributed by atoms with Crippen molar-refractivity contribution in [3.63, 3.8) is 0 Å². The molecule has 2 rings (SSSR count). The highest BCUT2D eigenvalue weighted by molar-refractivity contribution is 7.86. The van der Waals surface area contributed by atoms with Crippen LogP contribution < -0.4 is 5.73 Å². The quantitative estimate of drug-likeness (QED) is 0.862. The van der Waals surface area contributed by atoms with Crippen molar-refractivity contribution in [1.82, 2.24) is 8.61 Å². The molecule has 0 saturated carbocycles. The van der Waals surface area contributed by atoms with E-state index < -0.39 is 10.2 Å². The van der Waals surface area contributed by atoms with Gasteiger partial charge in [0.1, 0.15) is 0 Å². The van der Waals surface area contributed by atoms with Gasteiger partial charge in [-0.25, -0.2) is 0 Å². The summed E-state index contributed by atoms with van der Waals surface area (Å²) in [4.78, 5) is 0. The fourth-order valence-electron chi connectivity index (χ4n) is 2.59. The highest BCUT2D eigenvalue weighted by Crippen LogP contribution is 2.23. The first-order chi connectivity index (χ1) is 9.43. The lowest BCUT2D eigenvalue weighted by molar-refractivity contribution is 0.249. The molecule has 1 saturated heterocycles. The monoisotopic (exact) mass is 297 g/mol. The van der Waals surface area contributed by atoms with E-state index in [-0.39, 0.29) is 6.04 Å². The number of nitrogen functional groups attached to an aromatic ring is 1. The Morgan fingerprint density at radius 2 is 2.05 bits per heavy atom. The molecular formula is C14H23N3O2S. The van der Waals surface area contributed by atoms with Crippen molar-refractivity contribution in [3.8, 4) is 0 Å². The first-order valence-electron chi connectivity index (χ1n) is 6.99. The molecule has 0 aliphatic carbocycles. The smallest absolute Gasteiger partial charge is 0.282 e. The normalized spacial score (nSPS) is 21.2. The lowest BCUT2D eigenvalue weighted by Crippen LogP contribution is -2.48. The molecule has 5 nitrogen and oxygen atoms in total. The van der Waals surface area contributed by atoms with Gasteiger partial charge in [0, 0.05) is 31.9 Å². The summed E-state index contributed by atoms with van der Waals surface area (Å²) in [5.74, 6) is 0. The molecule has 112 valence electrons. The fourth-order valence-corrected chi connectivity index (χ4v) is 4.17. The minimum atomic E-state index is -3.42.